The van der Waals surface area contributed by atoms with Crippen LogP contribution in [0.2, 0.25) is 0 Å². The Morgan fingerprint density at radius 3 is 2.65 bits per heavy atom. The second-order valence-corrected chi connectivity index (χ2v) is 4.25. The van der Waals surface area contributed by atoms with Crippen LogP contribution in [0.3, 0.4) is 0 Å². The smallest absolute Gasteiger partial charge is 0.328 e. The minimum absolute atomic E-state index is 0.0315. The molecule has 6 heteroatoms. The number of carboxylic acid groups (broad SMARTS) is 1. The van der Waals surface area contributed by atoms with Crippen molar-refractivity contribution >= 4 is 18.0 Å². The molecule has 0 radical (unpaired) electrons. The van der Waals surface area contributed by atoms with E-state index >= 15 is 0 Å². The van der Waals surface area contributed by atoms with Crippen molar-refractivity contribution in [2.75, 3.05) is 20.7 Å². The van der Waals surface area contributed by atoms with E-state index in [0.29, 0.717) is 5.56 Å². The summed E-state index contributed by atoms with van der Waals surface area (Å²) in [6.07, 6.45) is 2.36. The number of carboxylic acids is 1. The van der Waals surface area contributed by atoms with Crippen LogP contribution in [0.1, 0.15) is 12.0 Å². The monoisotopic (exact) mass is 281 g/mol. The molecular weight excluding hydrogens is 265 g/mol. The van der Waals surface area contributed by atoms with E-state index < -0.39 is 11.8 Å². The van der Waals surface area contributed by atoms with Gasteiger partial charge in [-0.1, -0.05) is 6.07 Å². The van der Waals surface area contributed by atoms with E-state index in [4.69, 9.17) is 9.84 Å². The molecule has 0 bridgehead atoms. The highest BCUT2D eigenvalue weighted by molar-refractivity contribution is 5.85. The maximum atomic E-state index is 13.7. The second-order valence-electron chi connectivity index (χ2n) is 4.25. The highest BCUT2D eigenvalue weighted by atomic mass is 19.1. The number of carbonyl (C=O) groups excluding carboxylic acids is 1. The average Bonchev–Trinajstić information content (AvgIpc) is 2.38. The van der Waals surface area contributed by atoms with Gasteiger partial charge in [0.1, 0.15) is 0 Å². The fourth-order valence-electron chi connectivity index (χ4n) is 1.38. The Bertz CT molecular complexity index is 526. The SMILES string of the molecule is CN(C)C(=O)CCOc1ccc(/C=C/C(=O)O)cc1F. The van der Waals surface area contributed by atoms with E-state index in [1.807, 2.05) is 0 Å². The minimum atomic E-state index is -1.10. The van der Waals surface area contributed by atoms with Crippen LogP contribution in [0.25, 0.3) is 6.08 Å². The normalized spacial score (nSPS) is 10.6. The molecule has 0 saturated carbocycles. The summed E-state index contributed by atoms with van der Waals surface area (Å²) in [6, 6.07) is 4.10. The molecule has 1 rings (SSSR count). The van der Waals surface area contributed by atoms with Gasteiger partial charge in [-0.05, 0) is 23.8 Å². The fraction of sp³-hybridized carbons (Fsp3) is 0.286. The number of nitrogens with zero attached hydrogens (tertiary/aromatic N) is 1. The standard InChI is InChI=1S/C14H16FNO4/c1-16(2)13(17)7-8-20-12-5-3-10(9-11(12)15)4-6-14(18)19/h3-6,9H,7-8H2,1-2H3,(H,18,19)/b6-4+. The van der Waals surface area contributed by atoms with Crippen LogP contribution in [0, 0.1) is 5.82 Å². The Hall–Kier alpha value is -2.37. The van der Waals surface area contributed by atoms with Crippen molar-refractivity contribution in [3.05, 3.63) is 35.7 Å². The largest absolute Gasteiger partial charge is 0.490 e. The summed E-state index contributed by atoms with van der Waals surface area (Å²) in [4.78, 5) is 23.1. The van der Waals surface area contributed by atoms with E-state index in [9.17, 15) is 14.0 Å². The topological polar surface area (TPSA) is 66.8 Å². The van der Waals surface area contributed by atoms with Gasteiger partial charge in [0.15, 0.2) is 11.6 Å². The first-order valence-electron chi connectivity index (χ1n) is 5.93. The minimum Gasteiger partial charge on any atom is -0.490 e. The van der Waals surface area contributed by atoms with E-state index in [1.165, 1.54) is 29.2 Å². The molecule has 0 saturated heterocycles. The third-order valence-electron chi connectivity index (χ3n) is 2.45. The predicted octanol–water partition coefficient (Wildman–Crippen LogP) is 1.78. The number of aliphatic carboxylic acids is 1. The summed E-state index contributed by atoms with van der Waals surface area (Å²) in [5, 5.41) is 8.47. The summed E-state index contributed by atoms with van der Waals surface area (Å²) < 4.78 is 18.8. The maximum Gasteiger partial charge on any atom is 0.328 e. The van der Waals surface area contributed by atoms with Crippen molar-refractivity contribution in [3.8, 4) is 5.75 Å². The lowest BCUT2D eigenvalue weighted by Crippen LogP contribution is -2.23. The molecule has 20 heavy (non-hydrogen) atoms. The molecule has 1 amide bonds. The Balaban J connectivity index is 2.60. The third kappa shape index (κ3) is 5.09. The molecule has 1 aromatic carbocycles. The predicted molar refractivity (Wildman–Crippen MR) is 71.9 cm³/mol. The van der Waals surface area contributed by atoms with Crippen molar-refractivity contribution in [1.82, 2.24) is 4.90 Å². The van der Waals surface area contributed by atoms with Gasteiger partial charge < -0.3 is 14.7 Å². The van der Waals surface area contributed by atoms with Crippen molar-refractivity contribution < 1.29 is 23.8 Å². The van der Waals surface area contributed by atoms with Gasteiger partial charge in [0, 0.05) is 20.2 Å². The maximum absolute atomic E-state index is 13.7. The van der Waals surface area contributed by atoms with Gasteiger partial charge >= 0.3 is 5.97 Å². The van der Waals surface area contributed by atoms with Gasteiger partial charge in [-0.15, -0.1) is 0 Å². The molecule has 0 aliphatic carbocycles. The van der Waals surface area contributed by atoms with Crippen LogP contribution in [-0.4, -0.2) is 42.6 Å². The Labute approximate surface area is 116 Å². The highest BCUT2D eigenvalue weighted by Gasteiger charge is 2.07. The number of benzene rings is 1. The van der Waals surface area contributed by atoms with Crippen molar-refractivity contribution in [2.45, 2.75) is 6.42 Å². The van der Waals surface area contributed by atoms with Crippen LogP contribution >= 0.6 is 0 Å². The van der Waals surface area contributed by atoms with Gasteiger partial charge in [-0.2, -0.15) is 0 Å². The number of ether oxygens (including phenoxy) is 1. The average molecular weight is 281 g/mol. The van der Waals surface area contributed by atoms with E-state index in [-0.39, 0.29) is 24.7 Å². The molecule has 0 aliphatic rings. The number of amides is 1. The number of hydrogen-bond acceptors (Lipinski definition) is 3. The molecule has 108 valence electrons. The van der Waals surface area contributed by atoms with Crippen LogP contribution in [-0.2, 0) is 9.59 Å². The first-order valence-corrected chi connectivity index (χ1v) is 5.93. The molecule has 1 N–H and O–H groups in total. The van der Waals surface area contributed by atoms with Crippen molar-refractivity contribution in [1.29, 1.82) is 0 Å². The number of hydrogen-bond donors (Lipinski definition) is 1. The zero-order valence-electron chi connectivity index (χ0n) is 11.3. The molecule has 0 spiro atoms. The Morgan fingerprint density at radius 2 is 2.10 bits per heavy atom. The van der Waals surface area contributed by atoms with Gasteiger partial charge in [-0.25, -0.2) is 9.18 Å². The molecular formula is C14H16FNO4. The van der Waals surface area contributed by atoms with Crippen molar-refractivity contribution in [2.24, 2.45) is 0 Å². The summed E-state index contributed by atoms with van der Waals surface area (Å²) in [7, 11) is 3.26. The van der Waals surface area contributed by atoms with Crippen LogP contribution in [0.15, 0.2) is 24.3 Å². The molecule has 0 aromatic heterocycles. The van der Waals surface area contributed by atoms with E-state index in [1.54, 1.807) is 14.1 Å². The van der Waals surface area contributed by atoms with Crippen LogP contribution in [0.4, 0.5) is 4.39 Å². The summed E-state index contributed by atoms with van der Waals surface area (Å²) in [5.74, 6) is -1.78. The lowest BCUT2D eigenvalue weighted by molar-refractivity contribution is -0.131. The van der Waals surface area contributed by atoms with Crippen LogP contribution < -0.4 is 4.74 Å². The summed E-state index contributed by atoms with van der Waals surface area (Å²) in [6.45, 7) is 0.0816. The van der Waals surface area contributed by atoms with Gasteiger partial charge in [0.2, 0.25) is 5.91 Å². The molecule has 0 atom stereocenters. The highest BCUT2D eigenvalue weighted by Crippen LogP contribution is 2.19. The van der Waals surface area contributed by atoms with E-state index in [2.05, 4.69) is 0 Å². The van der Waals surface area contributed by atoms with Gasteiger partial charge in [0.05, 0.1) is 13.0 Å². The molecule has 0 fully saturated rings. The molecule has 0 unspecified atom stereocenters. The lowest BCUT2D eigenvalue weighted by Gasteiger charge is -2.11. The summed E-state index contributed by atoms with van der Waals surface area (Å²) >= 11 is 0. The Kier molecular flexibility index (Phi) is 5.71. The zero-order valence-corrected chi connectivity index (χ0v) is 11.3. The third-order valence-corrected chi connectivity index (χ3v) is 2.45. The first-order chi connectivity index (χ1) is 9.40. The van der Waals surface area contributed by atoms with E-state index in [0.717, 1.165) is 6.08 Å². The van der Waals surface area contributed by atoms with Gasteiger partial charge in [0.25, 0.3) is 0 Å². The first kappa shape index (κ1) is 15.7. The van der Waals surface area contributed by atoms with Crippen molar-refractivity contribution in [3.63, 3.8) is 0 Å². The zero-order chi connectivity index (χ0) is 15.1. The lowest BCUT2D eigenvalue weighted by atomic mass is 10.2. The van der Waals surface area contributed by atoms with Crippen LogP contribution in [0.5, 0.6) is 5.75 Å². The molecule has 1 aromatic rings. The number of halogens is 1. The number of carbonyl (C=O) groups is 2. The quantitative estimate of drug-likeness (QED) is 0.807. The molecule has 0 heterocycles. The second kappa shape index (κ2) is 7.28. The Morgan fingerprint density at radius 1 is 1.40 bits per heavy atom. The number of rotatable bonds is 6. The summed E-state index contributed by atoms with van der Waals surface area (Å²) in [5.41, 5.74) is 0.418. The van der Waals surface area contributed by atoms with Gasteiger partial charge in [-0.3, -0.25) is 4.79 Å². The fourth-order valence-corrected chi connectivity index (χ4v) is 1.38. The molecule has 0 aliphatic heterocycles. The molecule has 5 nitrogen and oxygen atoms in total.